The van der Waals surface area contributed by atoms with Crippen LogP contribution in [-0.4, -0.2) is 19.6 Å². The van der Waals surface area contributed by atoms with Crippen molar-refractivity contribution in [1.29, 1.82) is 0 Å². The number of ether oxygens (including phenoxy) is 1. The zero-order valence-corrected chi connectivity index (χ0v) is 10.3. The standard InChI is InChI=1S/C13H19NO2/c1-9-5-6-12(7-10(9)2)14-8-11(3)13(15)16-4/h5-7,11,14H,8H2,1-4H3. The molecule has 1 atom stereocenters. The molecule has 0 fully saturated rings. The van der Waals surface area contributed by atoms with E-state index in [1.165, 1.54) is 18.2 Å². The molecule has 1 aromatic carbocycles. The van der Waals surface area contributed by atoms with Gasteiger partial charge in [-0.3, -0.25) is 4.79 Å². The molecule has 1 unspecified atom stereocenters. The molecule has 1 rings (SSSR count). The quantitative estimate of drug-likeness (QED) is 0.794. The maximum absolute atomic E-state index is 11.2. The summed E-state index contributed by atoms with van der Waals surface area (Å²) in [5.41, 5.74) is 3.56. The Kier molecular flexibility index (Phi) is 4.35. The average molecular weight is 221 g/mol. The number of benzene rings is 1. The van der Waals surface area contributed by atoms with Gasteiger partial charge < -0.3 is 10.1 Å². The third-order valence-corrected chi connectivity index (χ3v) is 2.72. The molecule has 1 N–H and O–H groups in total. The monoisotopic (exact) mass is 221 g/mol. The molecular weight excluding hydrogens is 202 g/mol. The number of methoxy groups -OCH3 is 1. The van der Waals surface area contributed by atoms with Gasteiger partial charge in [-0.05, 0) is 37.1 Å². The number of hydrogen-bond acceptors (Lipinski definition) is 3. The third-order valence-electron chi connectivity index (χ3n) is 2.72. The van der Waals surface area contributed by atoms with E-state index >= 15 is 0 Å². The summed E-state index contributed by atoms with van der Waals surface area (Å²) in [5, 5.41) is 3.23. The SMILES string of the molecule is COC(=O)C(C)CNc1ccc(C)c(C)c1. The van der Waals surface area contributed by atoms with Crippen molar-refractivity contribution in [2.75, 3.05) is 19.0 Å². The Morgan fingerprint density at radius 3 is 2.62 bits per heavy atom. The van der Waals surface area contributed by atoms with Gasteiger partial charge >= 0.3 is 5.97 Å². The first-order valence-electron chi connectivity index (χ1n) is 5.43. The van der Waals surface area contributed by atoms with Gasteiger partial charge in [-0.1, -0.05) is 13.0 Å². The van der Waals surface area contributed by atoms with Crippen molar-refractivity contribution in [2.45, 2.75) is 20.8 Å². The van der Waals surface area contributed by atoms with E-state index in [1.807, 2.05) is 13.0 Å². The zero-order valence-electron chi connectivity index (χ0n) is 10.3. The van der Waals surface area contributed by atoms with Crippen molar-refractivity contribution in [1.82, 2.24) is 0 Å². The molecule has 0 aliphatic carbocycles. The lowest BCUT2D eigenvalue weighted by Gasteiger charge is -2.12. The van der Waals surface area contributed by atoms with Crippen LogP contribution >= 0.6 is 0 Å². The lowest BCUT2D eigenvalue weighted by Crippen LogP contribution is -2.21. The molecule has 0 aliphatic rings. The predicted molar refractivity (Wildman–Crippen MR) is 65.6 cm³/mol. The smallest absolute Gasteiger partial charge is 0.310 e. The van der Waals surface area contributed by atoms with Crippen LogP contribution in [0.25, 0.3) is 0 Å². The molecule has 0 saturated heterocycles. The first-order chi connectivity index (χ1) is 7.54. The minimum absolute atomic E-state index is 0.133. The highest BCUT2D eigenvalue weighted by atomic mass is 16.5. The Morgan fingerprint density at radius 2 is 2.06 bits per heavy atom. The molecule has 0 saturated carbocycles. The maximum atomic E-state index is 11.2. The summed E-state index contributed by atoms with van der Waals surface area (Å²) in [6.45, 7) is 6.59. The molecule has 0 amide bonds. The van der Waals surface area contributed by atoms with E-state index in [1.54, 1.807) is 0 Å². The van der Waals surface area contributed by atoms with E-state index in [9.17, 15) is 4.79 Å². The number of carbonyl (C=O) groups is 1. The Morgan fingerprint density at radius 1 is 1.38 bits per heavy atom. The normalized spacial score (nSPS) is 12.0. The van der Waals surface area contributed by atoms with Gasteiger partial charge in [0, 0.05) is 12.2 Å². The second-order valence-corrected chi connectivity index (χ2v) is 4.10. The van der Waals surface area contributed by atoms with Gasteiger partial charge in [0.05, 0.1) is 13.0 Å². The van der Waals surface area contributed by atoms with Crippen LogP contribution in [0.4, 0.5) is 5.69 Å². The molecule has 0 aliphatic heterocycles. The van der Waals surface area contributed by atoms with Gasteiger partial charge in [0.2, 0.25) is 0 Å². The Bertz CT molecular complexity index is 374. The molecule has 1 aromatic rings. The highest BCUT2D eigenvalue weighted by Crippen LogP contribution is 2.14. The van der Waals surface area contributed by atoms with E-state index in [4.69, 9.17) is 0 Å². The average Bonchev–Trinajstić information content (AvgIpc) is 2.29. The Labute approximate surface area is 96.8 Å². The molecular formula is C13H19NO2. The number of esters is 1. The predicted octanol–water partition coefficient (Wildman–Crippen LogP) is 2.52. The molecule has 0 aromatic heterocycles. The summed E-state index contributed by atoms with van der Waals surface area (Å²) in [6.07, 6.45) is 0. The molecule has 16 heavy (non-hydrogen) atoms. The van der Waals surface area contributed by atoms with Gasteiger partial charge in [-0.2, -0.15) is 0 Å². The van der Waals surface area contributed by atoms with Crippen molar-refractivity contribution in [3.8, 4) is 0 Å². The number of aryl methyl sites for hydroxylation is 2. The summed E-state index contributed by atoms with van der Waals surface area (Å²) in [5.74, 6) is -0.317. The largest absolute Gasteiger partial charge is 0.469 e. The van der Waals surface area contributed by atoms with Crippen LogP contribution in [0, 0.1) is 19.8 Å². The fraction of sp³-hybridized carbons (Fsp3) is 0.462. The van der Waals surface area contributed by atoms with Crippen LogP contribution in [0.1, 0.15) is 18.1 Å². The fourth-order valence-electron chi connectivity index (χ4n) is 1.41. The van der Waals surface area contributed by atoms with Gasteiger partial charge in [0.25, 0.3) is 0 Å². The fourth-order valence-corrected chi connectivity index (χ4v) is 1.41. The summed E-state index contributed by atoms with van der Waals surface area (Å²) >= 11 is 0. The van der Waals surface area contributed by atoms with Crippen molar-refractivity contribution < 1.29 is 9.53 Å². The van der Waals surface area contributed by atoms with Crippen molar-refractivity contribution in [3.63, 3.8) is 0 Å². The highest BCUT2D eigenvalue weighted by molar-refractivity contribution is 5.72. The second-order valence-electron chi connectivity index (χ2n) is 4.10. The van der Waals surface area contributed by atoms with Gasteiger partial charge in [-0.25, -0.2) is 0 Å². The maximum Gasteiger partial charge on any atom is 0.310 e. The van der Waals surface area contributed by atoms with Crippen molar-refractivity contribution in [3.05, 3.63) is 29.3 Å². The van der Waals surface area contributed by atoms with E-state index < -0.39 is 0 Å². The molecule has 0 bridgehead atoms. The lowest BCUT2D eigenvalue weighted by atomic mass is 10.1. The topological polar surface area (TPSA) is 38.3 Å². The number of nitrogens with one attached hydrogen (secondary N) is 1. The zero-order chi connectivity index (χ0) is 12.1. The molecule has 88 valence electrons. The highest BCUT2D eigenvalue weighted by Gasteiger charge is 2.12. The van der Waals surface area contributed by atoms with Crippen LogP contribution in [0.5, 0.6) is 0 Å². The molecule has 0 radical (unpaired) electrons. The van der Waals surface area contributed by atoms with Crippen LogP contribution in [0.15, 0.2) is 18.2 Å². The summed E-state index contributed by atoms with van der Waals surface area (Å²) in [4.78, 5) is 11.2. The van der Waals surface area contributed by atoms with Crippen LogP contribution in [0.2, 0.25) is 0 Å². The van der Waals surface area contributed by atoms with Gasteiger partial charge in [0.1, 0.15) is 0 Å². The van der Waals surface area contributed by atoms with E-state index in [0.29, 0.717) is 6.54 Å². The van der Waals surface area contributed by atoms with Gasteiger partial charge in [-0.15, -0.1) is 0 Å². The van der Waals surface area contributed by atoms with Gasteiger partial charge in [0.15, 0.2) is 0 Å². The minimum Gasteiger partial charge on any atom is -0.469 e. The van der Waals surface area contributed by atoms with E-state index in [-0.39, 0.29) is 11.9 Å². The number of hydrogen-bond donors (Lipinski definition) is 1. The Balaban J connectivity index is 2.55. The third kappa shape index (κ3) is 3.26. The lowest BCUT2D eigenvalue weighted by molar-refractivity contribution is -0.144. The summed E-state index contributed by atoms with van der Waals surface area (Å²) < 4.78 is 4.66. The number of anilines is 1. The van der Waals surface area contributed by atoms with Crippen molar-refractivity contribution in [2.24, 2.45) is 5.92 Å². The van der Waals surface area contributed by atoms with Crippen LogP contribution in [0.3, 0.4) is 0 Å². The molecule has 3 heteroatoms. The summed E-state index contributed by atoms with van der Waals surface area (Å²) in [6, 6.07) is 6.17. The van der Waals surface area contributed by atoms with Crippen LogP contribution < -0.4 is 5.32 Å². The number of rotatable bonds is 4. The molecule has 3 nitrogen and oxygen atoms in total. The summed E-state index contributed by atoms with van der Waals surface area (Å²) in [7, 11) is 1.41. The molecule has 0 heterocycles. The molecule has 0 spiro atoms. The van der Waals surface area contributed by atoms with E-state index in [0.717, 1.165) is 5.69 Å². The Hall–Kier alpha value is -1.51. The van der Waals surface area contributed by atoms with Crippen molar-refractivity contribution >= 4 is 11.7 Å². The van der Waals surface area contributed by atoms with E-state index in [2.05, 4.69) is 36.0 Å². The minimum atomic E-state index is -0.184. The van der Waals surface area contributed by atoms with Crippen LogP contribution in [-0.2, 0) is 9.53 Å². The first-order valence-corrected chi connectivity index (χ1v) is 5.43. The second kappa shape index (κ2) is 5.54. The first kappa shape index (κ1) is 12.6. The number of carbonyl (C=O) groups excluding carboxylic acids is 1.